The number of halogens is 1. The van der Waals surface area contributed by atoms with Crippen molar-refractivity contribution in [1.29, 1.82) is 0 Å². The van der Waals surface area contributed by atoms with E-state index >= 15 is 0 Å². The Morgan fingerprint density at radius 2 is 1.78 bits per heavy atom. The zero-order valence-corrected chi connectivity index (χ0v) is 15.7. The molecule has 6 heteroatoms. The molecule has 1 aliphatic rings. The summed E-state index contributed by atoms with van der Waals surface area (Å²) in [5.74, 6) is 0.579. The lowest BCUT2D eigenvalue weighted by molar-refractivity contribution is 0.140. The Labute approximate surface area is 159 Å². The van der Waals surface area contributed by atoms with E-state index in [1.807, 2.05) is 12.1 Å². The Morgan fingerprint density at radius 1 is 1.07 bits per heavy atom. The number of carbonyl (C=O) groups excluding carboxylic acids is 1. The van der Waals surface area contributed by atoms with Gasteiger partial charge in [0.1, 0.15) is 11.6 Å². The molecule has 3 rings (SSSR count). The first-order valence-corrected chi connectivity index (χ1v) is 9.27. The van der Waals surface area contributed by atoms with Crippen LogP contribution in [0.4, 0.5) is 9.18 Å². The first-order valence-electron chi connectivity index (χ1n) is 9.27. The Morgan fingerprint density at radius 3 is 2.44 bits per heavy atom. The van der Waals surface area contributed by atoms with Crippen LogP contribution in [-0.2, 0) is 13.0 Å². The minimum absolute atomic E-state index is 0.131. The summed E-state index contributed by atoms with van der Waals surface area (Å²) in [6.07, 6.45) is 0.976. The van der Waals surface area contributed by atoms with Crippen LogP contribution in [0.1, 0.15) is 11.1 Å². The summed E-state index contributed by atoms with van der Waals surface area (Å²) >= 11 is 0. The number of rotatable bonds is 6. The number of nitrogens with one attached hydrogen (secondary N) is 1. The number of amides is 2. The van der Waals surface area contributed by atoms with Crippen LogP contribution >= 0.6 is 0 Å². The van der Waals surface area contributed by atoms with Gasteiger partial charge in [-0.25, -0.2) is 9.18 Å². The predicted octanol–water partition coefficient (Wildman–Crippen LogP) is 2.90. The van der Waals surface area contributed by atoms with Crippen molar-refractivity contribution in [2.24, 2.45) is 0 Å². The molecule has 0 bridgehead atoms. The van der Waals surface area contributed by atoms with Gasteiger partial charge in [0.2, 0.25) is 0 Å². The van der Waals surface area contributed by atoms with Crippen LogP contribution in [-0.4, -0.2) is 55.7 Å². The number of methoxy groups -OCH3 is 1. The van der Waals surface area contributed by atoms with E-state index in [1.54, 1.807) is 30.2 Å². The number of piperazine rings is 1. The van der Waals surface area contributed by atoms with Crippen molar-refractivity contribution in [2.45, 2.75) is 13.0 Å². The molecule has 27 heavy (non-hydrogen) atoms. The first kappa shape index (κ1) is 19.2. The highest BCUT2D eigenvalue weighted by Gasteiger charge is 2.20. The third-order valence-electron chi connectivity index (χ3n) is 4.92. The second kappa shape index (κ2) is 9.37. The molecule has 0 aliphatic carbocycles. The number of carbonyl (C=O) groups is 1. The van der Waals surface area contributed by atoms with Gasteiger partial charge in [-0.05, 0) is 30.2 Å². The fourth-order valence-electron chi connectivity index (χ4n) is 3.18. The highest BCUT2D eigenvalue weighted by molar-refractivity contribution is 5.74. The minimum Gasteiger partial charge on any atom is -0.497 e. The highest BCUT2D eigenvalue weighted by Crippen LogP contribution is 2.13. The normalized spacial score (nSPS) is 14.8. The molecular weight excluding hydrogens is 345 g/mol. The van der Waals surface area contributed by atoms with Crippen molar-refractivity contribution in [3.63, 3.8) is 0 Å². The zero-order chi connectivity index (χ0) is 19.1. The van der Waals surface area contributed by atoms with Crippen molar-refractivity contribution in [1.82, 2.24) is 15.1 Å². The molecule has 2 aromatic rings. The molecule has 0 aromatic heterocycles. The molecule has 0 atom stereocenters. The van der Waals surface area contributed by atoms with Gasteiger partial charge in [-0.15, -0.1) is 0 Å². The minimum atomic E-state index is -0.291. The van der Waals surface area contributed by atoms with Gasteiger partial charge in [-0.2, -0.15) is 0 Å². The smallest absolute Gasteiger partial charge is 0.317 e. The molecule has 0 spiro atoms. The maximum absolute atomic E-state index is 13.6. The molecule has 2 aromatic carbocycles. The quantitative estimate of drug-likeness (QED) is 0.849. The average Bonchev–Trinajstić information content (AvgIpc) is 2.72. The van der Waals surface area contributed by atoms with E-state index in [4.69, 9.17) is 4.74 Å². The zero-order valence-electron chi connectivity index (χ0n) is 15.7. The molecule has 1 fully saturated rings. The van der Waals surface area contributed by atoms with Crippen LogP contribution in [0.3, 0.4) is 0 Å². The van der Waals surface area contributed by atoms with Gasteiger partial charge >= 0.3 is 6.03 Å². The number of urea groups is 1. The van der Waals surface area contributed by atoms with Crippen molar-refractivity contribution in [2.75, 3.05) is 39.8 Å². The summed E-state index contributed by atoms with van der Waals surface area (Å²) in [5, 5.41) is 2.81. The molecule has 1 aliphatic heterocycles. The van der Waals surface area contributed by atoms with E-state index in [0.29, 0.717) is 18.7 Å². The maximum atomic E-state index is 13.6. The van der Waals surface area contributed by atoms with Crippen LogP contribution in [0.2, 0.25) is 0 Å². The molecule has 0 saturated carbocycles. The van der Waals surface area contributed by atoms with Crippen molar-refractivity contribution in [3.05, 3.63) is 65.5 Å². The standard InChI is InChI=1S/C21H26FN3O2/c1-27-19-8-6-17(7-9-19)10-11-24-12-14-25(15-13-24)21(26)23-16-18-4-2-3-5-20(18)22/h2-9H,10-16H2,1H3,(H,23,26). The number of benzene rings is 2. The molecule has 2 amide bonds. The molecular formula is C21H26FN3O2. The Kier molecular flexibility index (Phi) is 6.65. The van der Waals surface area contributed by atoms with Gasteiger partial charge in [0.15, 0.2) is 0 Å². The number of hydrogen-bond donors (Lipinski definition) is 1. The van der Waals surface area contributed by atoms with Crippen molar-refractivity contribution < 1.29 is 13.9 Å². The molecule has 5 nitrogen and oxygen atoms in total. The fraction of sp³-hybridized carbons (Fsp3) is 0.381. The van der Waals surface area contributed by atoms with Gasteiger partial charge in [-0.1, -0.05) is 30.3 Å². The van der Waals surface area contributed by atoms with Gasteiger partial charge in [0, 0.05) is 44.8 Å². The average molecular weight is 371 g/mol. The highest BCUT2D eigenvalue weighted by atomic mass is 19.1. The lowest BCUT2D eigenvalue weighted by atomic mass is 10.1. The van der Waals surface area contributed by atoms with Gasteiger partial charge in [0.05, 0.1) is 7.11 Å². The summed E-state index contributed by atoms with van der Waals surface area (Å²) in [5.41, 5.74) is 1.78. The number of hydrogen-bond acceptors (Lipinski definition) is 3. The lowest BCUT2D eigenvalue weighted by Gasteiger charge is -2.34. The number of nitrogens with zero attached hydrogens (tertiary/aromatic N) is 2. The topological polar surface area (TPSA) is 44.8 Å². The molecule has 1 saturated heterocycles. The summed E-state index contributed by atoms with van der Waals surface area (Å²) < 4.78 is 18.8. The summed E-state index contributed by atoms with van der Waals surface area (Å²) in [7, 11) is 1.67. The predicted molar refractivity (Wildman–Crippen MR) is 103 cm³/mol. The third-order valence-corrected chi connectivity index (χ3v) is 4.92. The molecule has 144 valence electrons. The molecule has 1 N–H and O–H groups in total. The van der Waals surface area contributed by atoms with Gasteiger partial charge < -0.3 is 15.0 Å². The summed E-state index contributed by atoms with van der Waals surface area (Å²) in [6.45, 7) is 4.25. The van der Waals surface area contributed by atoms with Crippen molar-refractivity contribution in [3.8, 4) is 5.75 Å². The van der Waals surface area contributed by atoms with Crippen LogP contribution in [0, 0.1) is 5.82 Å². The Balaban J connectivity index is 1.39. The van der Waals surface area contributed by atoms with E-state index in [9.17, 15) is 9.18 Å². The van der Waals surface area contributed by atoms with E-state index in [2.05, 4.69) is 22.3 Å². The van der Waals surface area contributed by atoms with E-state index in [0.717, 1.165) is 31.8 Å². The third kappa shape index (κ3) is 5.44. The molecule has 1 heterocycles. The Hall–Kier alpha value is -2.60. The lowest BCUT2D eigenvalue weighted by Crippen LogP contribution is -2.51. The van der Waals surface area contributed by atoms with Crippen LogP contribution < -0.4 is 10.1 Å². The van der Waals surface area contributed by atoms with Crippen LogP contribution in [0.5, 0.6) is 5.75 Å². The first-order chi connectivity index (χ1) is 13.2. The Bertz CT molecular complexity index is 743. The number of ether oxygens (including phenoxy) is 1. The largest absolute Gasteiger partial charge is 0.497 e. The van der Waals surface area contributed by atoms with Crippen molar-refractivity contribution >= 4 is 6.03 Å². The van der Waals surface area contributed by atoms with Crippen LogP contribution in [0.15, 0.2) is 48.5 Å². The summed E-state index contributed by atoms with van der Waals surface area (Å²) in [6, 6.07) is 14.5. The van der Waals surface area contributed by atoms with E-state index in [-0.39, 0.29) is 18.4 Å². The van der Waals surface area contributed by atoms with Gasteiger partial charge in [-0.3, -0.25) is 4.90 Å². The van der Waals surface area contributed by atoms with E-state index in [1.165, 1.54) is 11.6 Å². The van der Waals surface area contributed by atoms with Crippen LogP contribution in [0.25, 0.3) is 0 Å². The molecule has 0 unspecified atom stereocenters. The summed E-state index contributed by atoms with van der Waals surface area (Å²) in [4.78, 5) is 16.5. The van der Waals surface area contributed by atoms with Gasteiger partial charge in [0.25, 0.3) is 0 Å². The fourth-order valence-corrected chi connectivity index (χ4v) is 3.18. The molecule has 0 radical (unpaired) electrons. The maximum Gasteiger partial charge on any atom is 0.317 e. The SMILES string of the molecule is COc1ccc(CCN2CCN(C(=O)NCc3ccccc3F)CC2)cc1. The van der Waals surface area contributed by atoms with E-state index < -0.39 is 0 Å². The second-order valence-electron chi connectivity index (χ2n) is 6.68. The second-order valence-corrected chi connectivity index (χ2v) is 6.68. The monoisotopic (exact) mass is 371 g/mol.